The van der Waals surface area contributed by atoms with Crippen molar-refractivity contribution in [3.63, 3.8) is 0 Å². The number of amides is 3. The second-order valence-electron chi connectivity index (χ2n) is 10.2. The Bertz CT molecular complexity index is 1460. The van der Waals surface area contributed by atoms with Gasteiger partial charge in [-0.15, -0.1) is 0 Å². The molecule has 0 saturated carbocycles. The maximum Gasteiger partial charge on any atom is 0.345 e. The summed E-state index contributed by atoms with van der Waals surface area (Å²) in [6.45, 7) is 6.27. The van der Waals surface area contributed by atoms with E-state index < -0.39 is 23.0 Å². The smallest absolute Gasteiger partial charge is 0.345 e. The Kier molecular flexibility index (Phi) is 6.42. The van der Waals surface area contributed by atoms with E-state index in [1.807, 2.05) is 38.1 Å². The number of hydrogen-bond donors (Lipinski definition) is 1. The van der Waals surface area contributed by atoms with Gasteiger partial charge in [-0.1, -0.05) is 24.3 Å². The number of urea groups is 1. The number of H-pyrrole nitrogens is 1. The summed E-state index contributed by atoms with van der Waals surface area (Å²) in [6, 6.07) is 14.6. The minimum Gasteiger partial charge on any atom is -0.496 e. The van der Waals surface area contributed by atoms with E-state index in [4.69, 9.17) is 4.74 Å². The van der Waals surface area contributed by atoms with Gasteiger partial charge < -0.3 is 19.5 Å². The normalized spacial score (nSPS) is 21.2. The second-order valence-corrected chi connectivity index (χ2v) is 10.2. The van der Waals surface area contributed by atoms with Gasteiger partial charge >= 0.3 is 11.7 Å². The van der Waals surface area contributed by atoms with E-state index in [-0.39, 0.29) is 36.8 Å². The zero-order chi connectivity index (χ0) is 27.2. The highest BCUT2D eigenvalue weighted by molar-refractivity contribution is 5.98. The fourth-order valence-corrected chi connectivity index (χ4v) is 5.77. The fraction of sp³-hybridized carbons (Fsp3) is 0.357. The lowest BCUT2D eigenvalue weighted by molar-refractivity contribution is 0.0776. The average molecular weight is 520 g/mol. The third-order valence-corrected chi connectivity index (χ3v) is 7.43. The summed E-state index contributed by atoms with van der Waals surface area (Å²) >= 11 is 0. The largest absolute Gasteiger partial charge is 0.496 e. The summed E-state index contributed by atoms with van der Waals surface area (Å²) in [5.41, 5.74) is 0.260. The van der Waals surface area contributed by atoms with Crippen molar-refractivity contribution in [2.45, 2.75) is 38.3 Å². The quantitative estimate of drug-likeness (QED) is 0.556. The summed E-state index contributed by atoms with van der Waals surface area (Å²) in [4.78, 5) is 51.2. The van der Waals surface area contributed by atoms with E-state index in [1.165, 1.54) is 18.2 Å². The van der Waals surface area contributed by atoms with E-state index in [0.717, 1.165) is 5.56 Å². The molecule has 38 heavy (non-hydrogen) atoms. The van der Waals surface area contributed by atoms with Crippen molar-refractivity contribution in [3.05, 3.63) is 87.9 Å². The molecule has 2 fully saturated rings. The summed E-state index contributed by atoms with van der Waals surface area (Å²) < 4.78 is 20.1. The Morgan fingerprint density at radius 2 is 1.89 bits per heavy atom. The maximum absolute atomic E-state index is 14.4. The van der Waals surface area contributed by atoms with E-state index in [9.17, 15) is 18.8 Å². The van der Waals surface area contributed by atoms with Crippen LogP contribution in [0.3, 0.4) is 0 Å². The molecule has 5 rings (SSSR count). The molecule has 3 amide bonds. The van der Waals surface area contributed by atoms with Crippen LogP contribution in [0.1, 0.15) is 41.5 Å². The molecule has 2 aliphatic rings. The molecule has 2 aromatic carbocycles. The molecular formula is C28H30FN5O4. The number of likely N-dealkylation sites (tertiary alicyclic amines) is 1. The van der Waals surface area contributed by atoms with Gasteiger partial charge in [0.05, 0.1) is 12.6 Å². The number of para-hydroxylation sites is 1. The Hall–Kier alpha value is -4.21. The van der Waals surface area contributed by atoms with Crippen molar-refractivity contribution < 1.29 is 18.7 Å². The first kappa shape index (κ1) is 25.4. The van der Waals surface area contributed by atoms with Crippen molar-refractivity contribution >= 4 is 17.6 Å². The van der Waals surface area contributed by atoms with E-state index in [0.29, 0.717) is 23.7 Å². The van der Waals surface area contributed by atoms with Crippen LogP contribution in [0.4, 0.5) is 14.9 Å². The molecule has 3 heterocycles. The summed E-state index contributed by atoms with van der Waals surface area (Å²) in [7, 11) is 1.58. The van der Waals surface area contributed by atoms with Gasteiger partial charge in [0.25, 0.3) is 5.91 Å². The Balaban J connectivity index is 1.69. The lowest BCUT2D eigenvalue weighted by Gasteiger charge is -2.38. The van der Waals surface area contributed by atoms with Gasteiger partial charge in [-0.25, -0.2) is 14.0 Å². The number of benzene rings is 2. The first-order valence-corrected chi connectivity index (χ1v) is 12.5. The number of methoxy groups -OCH3 is 1. The standard InChI is InChI=1S/C28H30FN5O4/c1-17(2)33-16-28(34(27(33)37)20-9-7-8-19(29)13-20)15-32(25(35)23-12-18(3)30-26(36)31-23)14-22(28)21-10-5-6-11-24(21)38-4/h5-13,17,22H,14-16H2,1-4H3,(H,30,31,36)/t22-,28-/m1/s1. The first-order chi connectivity index (χ1) is 18.1. The van der Waals surface area contributed by atoms with Gasteiger partial charge in [-0.05, 0) is 51.1 Å². The van der Waals surface area contributed by atoms with E-state index in [1.54, 1.807) is 40.9 Å². The lowest BCUT2D eigenvalue weighted by Crippen LogP contribution is -2.53. The zero-order valence-electron chi connectivity index (χ0n) is 21.8. The second kappa shape index (κ2) is 9.59. The molecule has 9 nitrogen and oxygen atoms in total. The number of nitrogens with zero attached hydrogens (tertiary/aromatic N) is 4. The zero-order valence-corrected chi connectivity index (χ0v) is 21.8. The number of aromatic nitrogens is 2. The van der Waals surface area contributed by atoms with Crippen molar-refractivity contribution in [2.24, 2.45) is 0 Å². The lowest BCUT2D eigenvalue weighted by atomic mass is 9.80. The highest BCUT2D eigenvalue weighted by Crippen LogP contribution is 2.49. The van der Waals surface area contributed by atoms with Crippen LogP contribution in [0.15, 0.2) is 59.4 Å². The number of nitrogens with one attached hydrogen (secondary N) is 1. The summed E-state index contributed by atoms with van der Waals surface area (Å²) in [5.74, 6) is -0.616. The molecule has 0 radical (unpaired) electrons. The van der Waals surface area contributed by atoms with Crippen LogP contribution in [0, 0.1) is 12.7 Å². The first-order valence-electron chi connectivity index (χ1n) is 12.5. The molecule has 10 heteroatoms. The van der Waals surface area contributed by atoms with E-state index in [2.05, 4.69) is 9.97 Å². The predicted molar refractivity (Wildman–Crippen MR) is 140 cm³/mol. The van der Waals surface area contributed by atoms with Crippen LogP contribution < -0.4 is 15.3 Å². The molecule has 0 aliphatic carbocycles. The number of ether oxygens (including phenoxy) is 1. The minimum absolute atomic E-state index is 0.0319. The molecule has 1 spiro atoms. The highest BCUT2D eigenvalue weighted by Gasteiger charge is 2.61. The van der Waals surface area contributed by atoms with Crippen molar-refractivity contribution in [1.82, 2.24) is 19.8 Å². The number of anilines is 1. The van der Waals surface area contributed by atoms with Crippen LogP contribution in [0.5, 0.6) is 5.75 Å². The van der Waals surface area contributed by atoms with Crippen LogP contribution in [-0.2, 0) is 0 Å². The molecule has 0 bridgehead atoms. The molecule has 3 aromatic rings. The molecule has 1 N–H and O–H groups in total. The predicted octanol–water partition coefficient (Wildman–Crippen LogP) is 3.56. The van der Waals surface area contributed by atoms with Gasteiger partial charge in [0, 0.05) is 48.5 Å². The van der Waals surface area contributed by atoms with Crippen LogP contribution in [0.25, 0.3) is 0 Å². The summed E-state index contributed by atoms with van der Waals surface area (Å²) in [6.07, 6.45) is 0. The molecule has 1 aromatic heterocycles. The number of halogens is 1. The Labute approximate surface area is 219 Å². The van der Waals surface area contributed by atoms with Crippen molar-refractivity contribution in [2.75, 3.05) is 31.6 Å². The maximum atomic E-state index is 14.4. The van der Waals surface area contributed by atoms with E-state index >= 15 is 0 Å². The number of aryl methyl sites for hydroxylation is 1. The molecule has 2 aliphatic heterocycles. The van der Waals surface area contributed by atoms with Gasteiger partial charge in [0.1, 0.15) is 17.3 Å². The molecule has 2 atom stereocenters. The SMILES string of the molecule is COc1ccccc1[C@H]1CN(C(=O)c2cc(C)[nH]c(=O)n2)C[C@@]12CN(C(C)C)C(=O)N2c1cccc(F)c1. The van der Waals surface area contributed by atoms with Gasteiger partial charge in [0.15, 0.2) is 0 Å². The fourth-order valence-electron chi connectivity index (χ4n) is 5.77. The number of rotatable bonds is 5. The van der Waals surface area contributed by atoms with Crippen LogP contribution in [-0.4, -0.2) is 70.0 Å². The van der Waals surface area contributed by atoms with Crippen LogP contribution in [0.2, 0.25) is 0 Å². The number of carbonyl (C=O) groups is 2. The number of hydrogen-bond acceptors (Lipinski definition) is 5. The molecule has 2 saturated heterocycles. The van der Waals surface area contributed by atoms with Gasteiger partial charge in [0.2, 0.25) is 0 Å². The summed E-state index contributed by atoms with van der Waals surface area (Å²) in [5, 5.41) is 0. The minimum atomic E-state index is -0.935. The topological polar surface area (TPSA) is 98.8 Å². The molecular weight excluding hydrogens is 489 g/mol. The Morgan fingerprint density at radius 1 is 1.13 bits per heavy atom. The molecule has 198 valence electrons. The van der Waals surface area contributed by atoms with Gasteiger partial charge in [-0.2, -0.15) is 4.98 Å². The monoisotopic (exact) mass is 519 g/mol. The Morgan fingerprint density at radius 3 is 2.58 bits per heavy atom. The van der Waals surface area contributed by atoms with Gasteiger partial charge in [-0.3, -0.25) is 9.69 Å². The van der Waals surface area contributed by atoms with Crippen molar-refractivity contribution in [3.8, 4) is 5.75 Å². The van der Waals surface area contributed by atoms with Crippen molar-refractivity contribution in [1.29, 1.82) is 0 Å². The third-order valence-electron chi connectivity index (χ3n) is 7.43. The average Bonchev–Trinajstić information content (AvgIpc) is 3.40. The van der Waals surface area contributed by atoms with Crippen LogP contribution >= 0.6 is 0 Å². The highest BCUT2D eigenvalue weighted by atomic mass is 19.1. The third kappa shape index (κ3) is 4.19. The molecule has 0 unspecified atom stereocenters. The number of carbonyl (C=O) groups excluding carboxylic acids is 2. The number of aromatic amines is 1.